The van der Waals surface area contributed by atoms with Gasteiger partial charge in [0.15, 0.2) is 11.4 Å². The molecule has 2 atom stereocenters. The van der Waals surface area contributed by atoms with Crippen LogP contribution in [0, 0.1) is 5.82 Å². The van der Waals surface area contributed by atoms with Crippen LogP contribution in [0.2, 0.25) is 5.02 Å². The molecule has 1 unspecified atom stereocenters. The summed E-state index contributed by atoms with van der Waals surface area (Å²) >= 11 is 6.00. The summed E-state index contributed by atoms with van der Waals surface area (Å²) in [5, 5.41) is 2.44. The number of likely N-dealkylation sites (tertiary alicyclic amines) is 1. The molecule has 1 saturated heterocycles. The molecular formula is C22H19ClFN5O3. The Kier molecular flexibility index (Phi) is 5.13. The van der Waals surface area contributed by atoms with Crippen molar-refractivity contribution in [3.05, 3.63) is 58.6 Å². The number of fused-ring (bicyclic) bond motifs is 2. The Hall–Kier alpha value is -3.33. The fourth-order valence-electron chi connectivity index (χ4n) is 4.44. The summed E-state index contributed by atoms with van der Waals surface area (Å²) < 4.78 is 20.6. The number of piperidine rings is 1. The molecule has 1 N–H and O–H groups in total. The number of rotatable bonds is 3. The van der Waals surface area contributed by atoms with E-state index < -0.39 is 17.5 Å². The highest BCUT2D eigenvalue weighted by molar-refractivity contribution is 6.40. The van der Waals surface area contributed by atoms with Gasteiger partial charge in [0.25, 0.3) is 5.91 Å². The van der Waals surface area contributed by atoms with Crippen LogP contribution in [-0.4, -0.2) is 53.1 Å². The van der Waals surface area contributed by atoms with Crippen molar-refractivity contribution < 1.29 is 18.7 Å². The van der Waals surface area contributed by atoms with Gasteiger partial charge in [-0.2, -0.15) is 0 Å². The van der Waals surface area contributed by atoms with Crippen LogP contribution in [0.25, 0.3) is 0 Å². The molecule has 1 aromatic heterocycles. The van der Waals surface area contributed by atoms with Gasteiger partial charge in [-0.1, -0.05) is 17.7 Å². The second kappa shape index (κ2) is 7.98. The molecule has 4 heterocycles. The standard InChI is InChI=1S/C22H19ClFN5O3/c23-15-4-5-16-17(18(15)24)22(32-21(31)28-16)6-2-8-29(12-22)20(30)19-26-11-14(27-19)9-13-3-1-7-25-10-13/h1,3-5,7,10-11,14H,2,6,8-9,12H2,(H,28,31)/t14?,22-/m0/s1. The highest BCUT2D eigenvalue weighted by atomic mass is 35.5. The Labute approximate surface area is 188 Å². The maximum Gasteiger partial charge on any atom is 0.412 e. The third-order valence-electron chi connectivity index (χ3n) is 5.83. The molecule has 3 aliphatic heterocycles. The van der Waals surface area contributed by atoms with Gasteiger partial charge in [0.2, 0.25) is 5.84 Å². The first-order valence-electron chi connectivity index (χ1n) is 10.2. The van der Waals surface area contributed by atoms with Crippen LogP contribution >= 0.6 is 11.6 Å². The molecule has 164 valence electrons. The van der Waals surface area contributed by atoms with Crippen molar-refractivity contribution in [2.75, 3.05) is 18.4 Å². The largest absolute Gasteiger partial charge is 0.436 e. The summed E-state index contributed by atoms with van der Waals surface area (Å²) in [4.78, 5) is 39.6. The number of hydrogen-bond acceptors (Lipinski definition) is 6. The van der Waals surface area contributed by atoms with Gasteiger partial charge in [0.1, 0.15) is 0 Å². The first-order valence-corrected chi connectivity index (χ1v) is 10.6. The molecule has 1 spiro atoms. The topological polar surface area (TPSA) is 96.2 Å². The molecule has 3 aliphatic rings. The lowest BCUT2D eigenvalue weighted by Crippen LogP contribution is -2.54. The van der Waals surface area contributed by atoms with Gasteiger partial charge in [0.05, 0.1) is 28.9 Å². The number of aliphatic imine (C=N–C) groups is 2. The Morgan fingerprint density at radius 2 is 2.25 bits per heavy atom. The second-order valence-corrected chi connectivity index (χ2v) is 8.39. The van der Waals surface area contributed by atoms with Crippen molar-refractivity contribution in [1.82, 2.24) is 9.88 Å². The number of halogens is 2. The number of nitrogens with zero attached hydrogens (tertiary/aromatic N) is 4. The number of hydrogen-bond donors (Lipinski definition) is 1. The minimum absolute atomic E-state index is 0.00860. The van der Waals surface area contributed by atoms with Crippen LogP contribution in [0.1, 0.15) is 24.0 Å². The van der Waals surface area contributed by atoms with E-state index in [1.807, 2.05) is 12.1 Å². The van der Waals surface area contributed by atoms with Gasteiger partial charge in [0, 0.05) is 31.6 Å². The molecule has 1 fully saturated rings. The fraction of sp³-hybridized carbons (Fsp3) is 0.318. The third-order valence-corrected chi connectivity index (χ3v) is 6.13. The summed E-state index contributed by atoms with van der Waals surface area (Å²) in [7, 11) is 0. The van der Waals surface area contributed by atoms with E-state index in [1.165, 1.54) is 17.0 Å². The van der Waals surface area contributed by atoms with Crippen molar-refractivity contribution in [3.8, 4) is 0 Å². The predicted molar refractivity (Wildman–Crippen MR) is 117 cm³/mol. The molecule has 0 saturated carbocycles. The Bertz CT molecular complexity index is 1160. The van der Waals surface area contributed by atoms with Crippen LogP contribution in [0.3, 0.4) is 0 Å². The van der Waals surface area contributed by atoms with E-state index in [1.54, 1.807) is 18.6 Å². The monoisotopic (exact) mass is 455 g/mol. The quantitative estimate of drug-likeness (QED) is 0.767. The summed E-state index contributed by atoms with van der Waals surface area (Å²) in [6.45, 7) is 0.413. The number of anilines is 1. The normalized spacial score (nSPS) is 24.1. The molecule has 2 aromatic rings. The first-order chi connectivity index (χ1) is 15.4. The number of carbonyl (C=O) groups is 2. The zero-order valence-electron chi connectivity index (χ0n) is 16.9. The summed E-state index contributed by atoms with van der Waals surface area (Å²) in [5.74, 6) is -0.957. The zero-order chi connectivity index (χ0) is 22.3. The van der Waals surface area contributed by atoms with Crippen molar-refractivity contribution >= 4 is 41.3 Å². The Balaban J connectivity index is 1.39. The molecule has 0 bridgehead atoms. The predicted octanol–water partition coefficient (Wildman–Crippen LogP) is 3.35. The van der Waals surface area contributed by atoms with Crippen LogP contribution in [0.4, 0.5) is 14.9 Å². The summed E-state index contributed by atoms with van der Waals surface area (Å²) in [5.41, 5.74) is 0.126. The van der Waals surface area contributed by atoms with Crippen LogP contribution in [0.5, 0.6) is 0 Å². The molecule has 1 aromatic carbocycles. The molecular weight excluding hydrogens is 437 g/mol. The van der Waals surface area contributed by atoms with Crippen molar-refractivity contribution in [2.24, 2.45) is 9.98 Å². The number of pyridine rings is 1. The number of benzene rings is 1. The second-order valence-electron chi connectivity index (χ2n) is 7.99. The number of ether oxygens (including phenoxy) is 1. The van der Waals surface area contributed by atoms with E-state index >= 15 is 4.39 Å². The molecule has 5 rings (SSSR count). The average Bonchev–Trinajstić information content (AvgIpc) is 3.24. The Morgan fingerprint density at radius 3 is 3.06 bits per heavy atom. The van der Waals surface area contributed by atoms with E-state index in [0.29, 0.717) is 31.5 Å². The van der Waals surface area contributed by atoms with E-state index in [9.17, 15) is 9.59 Å². The van der Waals surface area contributed by atoms with Crippen molar-refractivity contribution in [2.45, 2.75) is 30.9 Å². The molecule has 0 aliphatic carbocycles. The minimum Gasteiger partial charge on any atom is -0.436 e. The molecule has 0 radical (unpaired) electrons. The van der Waals surface area contributed by atoms with Crippen molar-refractivity contribution in [3.63, 3.8) is 0 Å². The molecule has 2 amide bonds. The van der Waals surface area contributed by atoms with Gasteiger partial charge in [-0.3, -0.25) is 20.1 Å². The molecule has 10 heteroatoms. The SMILES string of the molecule is O=C1Nc2ccc(Cl)c(F)c2[C@@]2(CCCN(C(=O)C3=NC(Cc4cccnc4)C=N3)C2)O1. The average molecular weight is 456 g/mol. The van der Waals surface area contributed by atoms with E-state index in [2.05, 4.69) is 20.3 Å². The van der Waals surface area contributed by atoms with Crippen LogP contribution in [-0.2, 0) is 21.6 Å². The summed E-state index contributed by atoms with van der Waals surface area (Å²) in [6.07, 6.45) is 5.85. The van der Waals surface area contributed by atoms with Crippen LogP contribution in [0.15, 0.2) is 46.6 Å². The van der Waals surface area contributed by atoms with Gasteiger partial charge in [-0.25, -0.2) is 14.2 Å². The van der Waals surface area contributed by atoms with Gasteiger partial charge in [-0.05, 0) is 36.6 Å². The fourth-order valence-corrected chi connectivity index (χ4v) is 4.60. The molecule has 32 heavy (non-hydrogen) atoms. The lowest BCUT2D eigenvalue weighted by Gasteiger charge is -2.45. The van der Waals surface area contributed by atoms with Gasteiger partial charge in [-0.15, -0.1) is 0 Å². The highest BCUT2D eigenvalue weighted by Gasteiger charge is 2.49. The van der Waals surface area contributed by atoms with E-state index in [-0.39, 0.29) is 34.9 Å². The lowest BCUT2D eigenvalue weighted by molar-refractivity contribution is -0.132. The van der Waals surface area contributed by atoms with E-state index in [4.69, 9.17) is 16.3 Å². The van der Waals surface area contributed by atoms with E-state index in [0.717, 1.165) is 5.56 Å². The highest BCUT2D eigenvalue weighted by Crippen LogP contribution is 2.45. The number of amidine groups is 1. The summed E-state index contributed by atoms with van der Waals surface area (Å²) in [6, 6.07) is 6.44. The first kappa shape index (κ1) is 20.6. The molecule has 8 nitrogen and oxygen atoms in total. The Morgan fingerprint density at radius 1 is 1.38 bits per heavy atom. The zero-order valence-corrected chi connectivity index (χ0v) is 17.7. The van der Waals surface area contributed by atoms with Gasteiger partial charge >= 0.3 is 6.09 Å². The maximum absolute atomic E-state index is 15.0. The van der Waals surface area contributed by atoms with Crippen LogP contribution < -0.4 is 5.32 Å². The number of carbonyl (C=O) groups excluding carboxylic acids is 2. The van der Waals surface area contributed by atoms with Gasteiger partial charge < -0.3 is 9.64 Å². The number of nitrogens with one attached hydrogen (secondary N) is 1. The lowest BCUT2D eigenvalue weighted by atomic mass is 9.83. The smallest absolute Gasteiger partial charge is 0.412 e. The third kappa shape index (κ3) is 3.62. The number of amides is 2. The number of aromatic nitrogens is 1. The minimum atomic E-state index is -1.32. The van der Waals surface area contributed by atoms with Crippen molar-refractivity contribution in [1.29, 1.82) is 0 Å². The maximum atomic E-state index is 15.0.